The first kappa shape index (κ1) is 22.7. The van der Waals surface area contributed by atoms with E-state index in [4.69, 9.17) is 0 Å². The Morgan fingerprint density at radius 1 is 0.971 bits per heavy atom. The number of benzene rings is 3. The molecule has 1 saturated heterocycles. The van der Waals surface area contributed by atoms with E-state index in [0.717, 1.165) is 21.7 Å². The summed E-state index contributed by atoms with van der Waals surface area (Å²) in [5.74, 6) is -2.02. The summed E-state index contributed by atoms with van der Waals surface area (Å²) >= 11 is 0.546. The van der Waals surface area contributed by atoms with Crippen molar-refractivity contribution < 1.29 is 24.1 Å². The van der Waals surface area contributed by atoms with E-state index in [9.17, 15) is 29.3 Å². The van der Waals surface area contributed by atoms with E-state index in [-0.39, 0.29) is 16.3 Å². The molecule has 0 aromatic heterocycles. The summed E-state index contributed by atoms with van der Waals surface area (Å²) in [7, 11) is 0. The minimum Gasteiger partial charge on any atom is -0.324 e. The monoisotopic (exact) mass is 476 g/mol. The molecule has 0 spiro atoms. The number of thioether (sulfide) groups is 1. The van der Waals surface area contributed by atoms with Gasteiger partial charge in [0.05, 0.1) is 9.83 Å². The molecule has 0 unspecified atom stereocenters. The number of hydrogen-bond donors (Lipinski definition) is 2. The number of rotatable bonds is 6. The predicted molar refractivity (Wildman–Crippen MR) is 127 cm³/mol. The van der Waals surface area contributed by atoms with Crippen molar-refractivity contribution >= 4 is 62.6 Å². The first-order chi connectivity index (χ1) is 16.3. The van der Waals surface area contributed by atoms with Gasteiger partial charge in [0, 0.05) is 35.0 Å². The summed E-state index contributed by atoms with van der Waals surface area (Å²) in [5.41, 5.74) is 0.689. The second-order valence-electron chi connectivity index (χ2n) is 7.14. The van der Waals surface area contributed by atoms with Crippen LogP contribution in [0.1, 0.15) is 0 Å². The zero-order valence-corrected chi connectivity index (χ0v) is 18.2. The van der Waals surface area contributed by atoms with E-state index in [1.807, 2.05) is 30.3 Å². The Morgan fingerprint density at radius 3 is 2.41 bits per heavy atom. The van der Waals surface area contributed by atoms with Gasteiger partial charge in [0.25, 0.3) is 16.8 Å². The van der Waals surface area contributed by atoms with E-state index in [0.29, 0.717) is 17.4 Å². The highest BCUT2D eigenvalue weighted by Gasteiger charge is 2.36. The van der Waals surface area contributed by atoms with Crippen LogP contribution in [-0.2, 0) is 14.4 Å². The third-order valence-corrected chi connectivity index (χ3v) is 5.75. The Kier molecular flexibility index (Phi) is 6.37. The number of amides is 4. The number of anilines is 2. The van der Waals surface area contributed by atoms with E-state index in [1.54, 1.807) is 12.1 Å². The fourth-order valence-electron chi connectivity index (χ4n) is 3.27. The number of fused-ring (bicyclic) bond motifs is 1. The number of nitrogens with zero attached hydrogens (tertiary/aromatic N) is 2. The Labute approximate surface area is 196 Å². The quantitative estimate of drug-likeness (QED) is 0.312. The maximum Gasteiger partial charge on any atom is 0.294 e. The van der Waals surface area contributed by atoms with Crippen molar-refractivity contribution in [3.63, 3.8) is 0 Å². The van der Waals surface area contributed by atoms with Crippen LogP contribution in [0, 0.1) is 10.1 Å². The topological polar surface area (TPSA) is 139 Å². The molecule has 0 radical (unpaired) electrons. The number of imide groups is 1. The van der Waals surface area contributed by atoms with Gasteiger partial charge in [0.15, 0.2) is 0 Å². The van der Waals surface area contributed by atoms with Gasteiger partial charge >= 0.3 is 0 Å². The molecule has 4 amide bonds. The molecule has 3 aromatic carbocycles. The van der Waals surface area contributed by atoms with Gasteiger partial charge in [-0.2, -0.15) is 0 Å². The van der Waals surface area contributed by atoms with Gasteiger partial charge in [-0.15, -0.1) is 0 Å². The van der Waals surface area contributed by atoms with Gasteiger partial charge < -0.3 is 10.6 Å². The molecule has 0 saturated carbocycles. The maximum atomic E-state index is 12.6. The van der Waals surface area contributed by atoms with E-state index in [2.05, 4.69) is 10.6 Å². The summed E-state index contributed by atoms with van der Waals surface area (Å²) in [6.07, 6.45) is 0.953. The molecule has 1 aliphatic heterocycles. The highest BCUT2D eigenvalue weighted by Crippen LogP contribution is 2.31. The van der Waals surface area contributed by atoms with Gasteiger partial charge in [-0.3, -0.25) is 34.2 Å². The zero-order valence-electron chi connectivity index (χ0n) is 17.4. The number of non-ortho nitro benzene ring substituents is 1. The van der Waals surface area contributed by atoms with Gasteiger partial charge in [-0.05, 0) is 35.3 Å². The molecule has 10 nitrogen and oxygen atoms in total. The van der Waals surface area contributed by atoms with E-state index >= 15 is 0 Å². The van der Waals surface area contributed by atoms with E-state index < -0.39 is 34.4 Å². The average molecular weight is 476 g/mol. The second-order valence-corrected chi connectivity index (χ2v) is 8.13. The van der Waals surface area contributed by atoms with Crippen LogP contribution in [0.15, 0.2) is 77.7 Å². The van der Waals surface area contributed by atoms with Crippen LogP contribution in [0.4, 0.5) is 21.9 Å². The molecule has 1 aliphatic rings. The lowest BCUT2D eigenvalue weighted by Crippen LogP contribution is -2.36. The molecule has 0 bridgehead atoms. The van der Waals surface area contributed by atoms with E-state index in [1.165, 1.54) is 24.3 Å². The van der Waals surface area contributed by atoms with Crippen molar-refractivity contribution in [1.82, 2.24) is 4.90 Å². The smallest absolute Gasteiger partial charge is 0.294 e. The minimum absolute atomic E-state index is 0.137. The molecule has 3 aromatic rings. The summed E-state index contributed by atoms with van der Waals surface area (Å²) in [5, 5.41) is 16.9. The molecule has 34 heavy (non-hydrogen) atoms. The van der Waals surface area contributed by atoms with Crippen molar-refractivity contribution in [3.8, 4) is 0 Å². The first-order valence-corrected chi connectivity index (χ1v) is 10.7. The molecule has 170 valence electrons. The Bertz CT molecular complexity index is 1360. The van der Waals surface area contributed by atoms with Crippen LogP contribution >= 0.6 is 11.8 Å². The second kappa shape index (κ2) is 9.55. The highest BCUT2D eigenvalue weighted by molar-refractivity contribution is 8.18. The Morgan fingerprint density at radius 2 is 1.68 bits per heavy atom. The van der Waals surface area contributed by atoms with Gasteiger partial charge in [0.1, 0.15) is 6.54 Å². The summed E-state index contributed by atoms with van der Waals surface area (Å²) < 4.78 is 0. The zero-order chi connectivity index (χ0) is 24.2. The summed E-state index contributed by atoms with van der Waals surface area (Å²) in [4.78, 5) is 60.4. The summed E-state index contributed by atoms with van der Waals surface area (Å²) in [6, 6.07) is 18.0. The highest BCUT2D eigenvalue weighted by atomic mass is 32.2. The number of carbonyl (C=O) groups excluding carboxylic acids is 4. The number of hydrogen-bond acceptors (Lipinski definition) is 7. The molecule has 4 rings (SSSR count). The molecule has 2 N–H and O–H groups in total. The van der Waals surface area contributed by atoms with Crippen LogP contribution in [0.5, 0.6) is 0 Å². The molecule has 0 aliphatic carbocycles. The van der Waals surface area contributed by atoms with Crippen molar-refractivity contribution in [2.75, 3.05) is 17.2 Å². The normalized spacial score (nSPS) is 14.5. The van der Waals surface area contributed by atoms with Gasteiger partial charge in [0.2, 0.25) is 11.8 Å². The molecule has 11 heteroatoms. The third-order valence-electron chi connectivity index (χ3n) is 4.85. The minimum atomic E-state index is -0.762. The standard InChI is InChI=1S/C23H16N4O6S/c28-20(24-15-8-10-16(11-9-15)27(32)33)12-19-22(30)26(23(31)34-19)13-21(29)25-18-7-3-5-14-4-1-2-6-17(14)18/h1-12H,13H2,(H,24,28)(H,25,29)/b19-12-. The van der Waals surface area contributed by atoms with Crippen molar-refractivity contribution in [2.45, 2.75) is 0 Å². The predicted octanol–water partition coefficient (Wildman–Crippen LogP) is 3.90. The first-order valence-electron chi connectivity index (χ1n) is 9.90. The number of nitro benzene ring substituents is 1. The van der Waals surface area contributed by atoms with Crippen molar-refractivity contribution in [2.24, 2.45) is 0 Å². The number of carbonyl (C=O) groups is 4. The largest absolute Gasteiger partial charge is 0.324 e. The lowest BCUT2D eigenvalue weighted by atomic mass is 10.1. The lowest BCUT2D eigenvalue weighted by Gasteiger charge is -2.13. The van der Waals surface area contributed by atoms with Gasteiger partial charge in [-0.25, -0.2) is 0 Å². The van der Waals surface area contributed by atoms with Crippen LogP contribution in [0.25, 0.3) is 10.8 Å². The van der Waals surface area contributed by atoms with Crippen LogP contribution in [0.3, 0.4) is 0 Å². The van der Waals surface area contributed by atoms with Crippen LogP contribution in [-0.4, -0.2) is 39.3 Å². The number of nitrogens with one attached hydrogen (secondary N) is 2. The molecule has 0 atom stereocenters. The lowest BCUT2D eigenvalue weighted by molar-refractivity contribution is -0.384. The number of nitro groups is 1. The average Bonchev–Trinajstić information content (AvgIpc) is 3.06. The van der Waals surface area contributed by atoms with Crippen molar-refractivity contribution in [1.29, 1.82) is 0 Å². The fraction of sp³-hybridized carbons (Fsp3) is 0.0435. The third kappa shape index (κ3) is 4.94. The molecule has 1 fully saturated rings. The van der Waals surface area contributed by atoms with Crippen LogP contribution < -0.4 is 10.6 Å². The fourth-order valence-corrected chi connectivity index (χ4v) is 4.08. The van der Waals surface area contributed by atoms with Crippen LogP contribution in [0.2, 0.25) is 0 Å². The Balaban J connectivity index is 1.40. The molecule has 1 heterocycles. The SMILES string of the molecule is O=C(/C=C1\SC(=O)N(CC(=O)Nc2cccc3ccccc23)C1=O)Nc1ccc([N+](=O)[O-])cc1. The molecular formula is C23H16N4O6S. The molecular weight excluding hydrogens is 460 g/mol. The van der Waals surface area contributed by atoms with Crippen molar-refractivity contribution in [3.05, 3.63) is 87.8 Å². The maximum absolute atomic E-state index is 12.6. The Hall–Kier alpha value is -4.51. The van der Waals surface area contributed by atoms with Gasteiger partial charge in [-0.1, -0.05) is 36.4 Å². The summed E-state index contributed by atoms with van der Waals surface area (Å²) in [6.45, 7) is -0.505.